The first-order chi connectivity index (χ1) is 7.45. The SMILES string of the molecule is OCc1ccccc1OCC(O)C(F)(F)F. The van der Waals surface area contributed by atoms with E-state index in [1.807, 2.05) is 0 Å². The number of hydrogen-bond acceptors (Lipinski definition) is 3. The monoisotopic (exact) mass is 236 g/mol. The van der Waals surface area contributed by atoms with Gasteiger partial charge in [0.2, 0.25) is 0 Å². The predicted molar refractivity (Wildman–Crippen MR) is 49.9 cm³/mol. The van der Waals surface area contributed by atoms with Crippen LogP contribution in [0.25, 0.3) is 0 Å². The lowest BCUT2D eigenvalue weighted by atomic mass is 10.2. The molecule has 90 valence electrons. The summed E-state index contributed by atoms with van der Waals surface area (Å²) >= 11 is 0. The van der Waals surface area contributed by atoms with Gasteiger partial charge in [0.1, 0.15) is 12.4 Å². The van der Waals surface area contributed by atoms with Crippen molar-refractivity contribution < 1.29 is 28.1 Å². The van der Waals surface area contributed by atoms with Gasteiger partial charge < -0.3 is 14.9 Å². The minimum absolute atomic E-state index is 0.133. The molecule has 2 N–H and O–H groups in total. The number of ether oxygens (including phenoxy) is 1. The number of para-hydroxylation sites is 1. The van der Waals surface area contributed by atoms with E-state index in [1.165, 1.54) is 12.1 Å². The number of hydrogen-bond donors (Lipinski definition) is 2. The standard InChI is InChI=1S/C10H11F3O3/c11-10(12,13)9(15)6-16-8-4-2-1-3-7(8)5-14/h1-4,9,14-15H,5-6H2. The maximum atomic E-state index is 12.0. The summed E-state index contributed by atoms with van der Waals surface area (Å²) in [6.45, 7) is -1.22. The van der Waals surface area contributed by atoms with Gasteiger partial charge in [-0.25, -0.2) is 0 Å². The number of rotatable bonds is 4. The van der Waals surface area contributed by atoms with Crippen molar-refractivity contribution in [1.29, 1.82) is 0 Å². The molecule has 0 saturated carbocycles. The third kappa shape index (κ3) is 3.39. The van der Waals surface area contributed by atoms with E-state index in [1.54, 1.807) is 12.1 Å². The highest BCUT2D eigenvalue weighted by molar-refractivity contribution is 5.32. The van der Waals surface area contributed by atoms with Gasteiger partial charge in [-0.1, -0.05) is 18.2 Å². The Morgan fingerprint density at radius 1 is 1.25 bits per heavy atom. The lowest BCUT2D eigenvalue weighted by Crippen LogP contribution is -2.34. The zero-order chi connectivity index (χ0) is 12.2. The third-order valence-corrected chi connectivity index (χ3v) is 1.92. The maximum Gasteiger partial charge on any atom is 0.417 e. The molecular formula is C10H11F3O3. The fourth-order valence-electron chi connectivity index (χ4n) is 1.04. The van der Waals surface area contributed by atoms with Crippen LogP contribution in [0.5, 0.6) is 5.75 Å². The molecule has 1 unspecified atom stereocenters. The van der Waals surface area contributed by atoms with Crippen LogP contribution in [0.3, 0.4) is 0 Å². The van der Waals surface area contributed by atoms with E-state index >= 15 is 0 Å². The summed E-state index contributed by atoms with van der Waals surface area (Å²) in [5.74, 6) is 0.133. The Morgan fingerprint density at radius 2 is 1.88 bits per heavy atom. The Kier molecular flexibility index (Phi) is 4.14. The van der Waals surface area contributed by atoms with Crippen molar-refractivity contribution in [1.82, 2.24) is 0 Å². The quantitative estimate of drug-likeness (QED) is 0.832. The number of alkyl halides is 3. The van der Waals surface area contributed by atoms with E-state index in [4.69, 9.17) is 14.9 Å². The Bertz CT molecular complexity index is 338. The minimum Gasteiger partial charge on any atom is -0.490 e. The van der Waals surface area contributed by atoms with Crippen molar-refractivity contribution in [3.63, 3.8) is 0 Å². The van der Waals surface area contributed by atoms with E-state index in [2.05, 4.69) is 0 Å². The van der Waals surface area contributed by atoms with Gasteiger partial charge in [0.25, 0.3) is 0 Å². The van der Waals surface area contributed by atoms with Crippen molar-refractivity contribution >= 4 is 0 Å². The Balaban J connectivity index is 2.61. The van der Waals surface area contributed by atoms with Crippen LogP contribution in [0.2, 0.25) is 0 Å². The summed E-state index contributed by atoms with van der Waals surface area (Å²) in [7, 11) is 0. The molecule has 1 rings (SSSR count). The van der Waals surface area contributed by atoms with Crippen LogP contribution >= 0.6 is 0 Å². The zero-order valence-electron chi connectivity index (χ0n) is 8.24. The molecule has 0 saturated heterocycles. The van der Waals surface area contributed by atoms with Crippen LogP contribution in [0, 0.1) is 0 Å². The average Bonchev–Trinajstić information content (AvgIpc) is 2.24. The predicted octanol–water partition coefficient (Wildman–Crippen LogP) is 1.48. The first-order valence-electron chi connectivity index (χ1n) is 4.51. The molecule has 1 aromatic carbocycles. The van der Waals surface area contributed by atoms with Crippen LogP contribution in [-0.2, 0) is 6.61 Å². The molecule has 3 nitrogen and oxygen atoms in total. The molecule has 0 aromatic heterocycles. The Labute approximate surface area is 90.1 Å². The van der Waals surface area contributed by atoms with E-state index in [-0.39, 0.29) is 12.4 Å². The van der Waals surface area contributed by atoms with E-state index in [9.17, 15) is 13.2 Å². The molecule has 0 aliphatic rings. The fourth-order valence-corrected chi connectivity index (χ4v) is 1.04. The molecule has 0 fully saturated rings. The first kappa shape index (κ1) is 12.8. The van der Waals surface area contributed by atoms with Crippen LogP contribution in [0.15, 0.2) is 24.3 Å². The third-order valence-electron chi connectivity index (χ3n) is 1.92. The molecule has 0 spiro atoms. The Morgan fingerprint density at radius 3 is 2.44 bits per heavy atom. The lowest BCUT2D eigenvalue weighted by molar-refractivity contribution is -0.210. The van der Waals surface area contributed by atoms with E-state index in [0.717, 1.165) is 0 Å². The fraction of sp³-hybridized carbons (Fsp3) is 0.400. The van der Waals surface area contributed by atoms with E-state index in [0.29, 0.717) is 5.56 Å². The maximum absolute atomic E-state index is 12.0. The van der Waals surface area contributed by atoms with Crippen molar-refractivity contribution in [2.75, 3.05) is 6.61 Å². The van der Waals surface area contributed by atoms with Gasteiger partial charge >= 0.3 is 6.18 Å². The highest BCUT2D eigenvalue weighted by Crippen LogP contribution is 2.22. The summed E-state index contributed by atoms with van der Waals surface area (Å²) in [6, 6.07) is 6.14. The molecule has 6 heteroatoms. The molecule has 1 atom stereocenters. The summed E-state index contributed by atoms with van der Waals surface area (Å²) < 4.78 is 40.7. The highest BCUT2D eigenvalue weighted by Gasteiger charge is 2.38. The minimum atomic E-state index is -4.70. The average molecular weight is 236 g/mol. The number of aliphatic hydroxyl groups is 2. The molecule has 0 bridgehead atoms. The van der Waals surface area contributed by atoms with Crippen molar-refractivity contribution in [3.05, 3.63) is 29.8 Å². The smallest absolute Gasteiger partial charge is 0.417 e. The summed E-state index contributed by atoms with van der Waals surface area (Å²) in [4.78, 5) is 0. The van der Waals surface area contributed by atoms with Gasteiger partial charge in [0.15, 0.2) is 6.10 Å². The first-order valence-corrected chi connectivity index (χ1v) is 4.51. The second-order valence-corrected chi connectivity index (χ2v) is 3.13. The van der Waals surface area contributed by atoms with Gasteiger partial charge in [0.05, 0.1) is 6.61 Å². The molecule has 0 amide bonds. The lowest BCUT2D eigenvalue weighted by Gasteiger charge is -2.16. The summed E-state index contributed by atoms with van der Waals surface area (Å²) in [5, 5.41) is 17.6. The molecular weight excluding hydrogens is 225 g/mol. The van der Waals surface area contributed by atoms with Crippen molar-refractivity contribution in [3.8, 4) is 5.75 Å². The van der Waals surface area contributed by atoms with Gasteiger partial charge in [-0.2, -0.15) is 13.2 Å². The second kappa shape index (κ2) is 5.18. The van der Waals surface area contributed by atoms with E-state index < -0.39 is 18.9 Å². The number of halogens is 3. The van der Waals surface area contributed by atoms with Gasteiger partial charge in [-0.15, -0.1) is 0 Å². The molecule has 0 aliphatic heterocycles. The topological polar surface area (TPSA) is 49.7 Å². The normalized spacial score (nSPS) is 13.6. The van der Waals surface area contributed by atoms with Crippen LogP contribution in [0.4, 0.5) is 13.2 Å². The van der Waals surface area contributed by atoms with Gasteiger partial charge in [-0.3, -0.25) is 0 Å². The van der Waals surface area contributed by atoms with Crippen molar-refractivity contribution in [2.45, 2.75) is 18.9 Å². The van der Waals surface area contributed by atoms with Crippen LogP contribution in [-0.4, -0.2) is 29.1 Å². The zero-order valence-corrected chi connectivity index (χ0v) is 8.24. The van der Waals surface area contributed by atoms with Gasteiger partial charge in [0, 0.05) is 5.56 Å². The second-order valence-electron chi connectivity index (χ2n) is 3.13. The van der Waals surface area contributed by atoms with Crippen LogP contribution in [0.1, 0.15) is 5.56 Å². The molecule has 0 radical (unpaired) electrons. The molecule has 1 aromatic rings. The Hall–Kier alpha value is -1.27. The highest BCUT2D eigenvalue weighted by atomic mass is 19.4. The molecule has 16 heavy (non-hydrogen) atoms. The number of benzene rings is 1. The molecule has 0 heterocycles. The molecule has 0 aliphatic carbocycles. The van der Waals surface area contributed by atoms with Gasteiger partial charge in [-0.05, 0) is 6.07 Å². The number of aliphatic hydroxyl groups excluding tert-OH is 2. The van der Waals surface area contributed by atoms with Crippen molar-refractivity contribution in [2.24, 2.45) is 0 Å². The summed E-state index contributed by atoms with van der Waals surface area (Å²) in [6.07, 6.45) is -7.23. The summed E-state index contributed by atoms with van der Waals surface area (Å²) in [5.41, 5.74) is 0.372. The largest absolute Gasteiger partial charge is 0.490 e. The van der Waals surface area contributed by atoms with Crippen LogP contribution < -0.4 is 4.74 Å².